The van der Waals surface area contributed by atoms with Crippen LogP contribution in [0.4, 0.5) is 0 Å². The van der Waals surface area contributed by atoms with Crippen LogP contribution in [-0.2, 0) is 9.59 Å². The molecular weight excluding hydrogens is 264 g/mol. The van der Waals surface area contributed by atoms with E-state index >= 15 is 0 Å². The normalized spacial score (nSPS) is 24.6. The fraction of sp³-hybridized carbons (Fsp3) is 0.529. The molecule has 1 aromatic rings. The smallest absolute Gasteiger partial charge is 0.247 e. The minimum atomic E-state index is -0.462. The van der Waals surface area contributed by atoms with Crippen molar-refractivity contribution in [3.63, 3.8) is 0 Å². The summed E-state index contributed by atoms with van der Waals surface area (Å²) in [5.41, 5.74) is 0.910. The number of carbonyl (C=O) groups is 2. The Kier molecular flexibility index (Phi) is 4.23. The maximum Gasteiger partial charge on any atom is 0.247 e. The summed E-state index contributed by atoms with van der Waals surface area (Å²) in [6.45, 7) is 0.138. The lowest BCUT2D eigenvalue weighted by molar-refractivity contribution is -0.149. The Bertz CT molecular complexity index is 507. The van der Waals surface area contributed by atoms with Crippen LogP contribution in [0.15, 0.2) is 30.3 Å². The molecular formula is C17H22N2O2. The fourth-order valence-electron chi connectivity index (χ4n) is 3.52. The molecule has 1 saturated carbocycles. The van der Waals surface area contributed by atoms with Crippen LogP contribution >= 0.6 is 0 Å². The molecule has 21 heavy (non-hydrogen) atoms. The van der Waals surface area contributed by atoms with E-state index in [9.17, 15) is 9.59 Å². The topological polar surface area (TPSA) is 49.4 Å². The third-order valence-corrected chi connectivity index (χ3v) is 4.56. The molecule has 2 aliphatic rings. The summed E-state index contributed by atoms with van der Waals surface area (Å²) in [6.07, 6.45) is 6.81. The number of carbonyl (C=O) groups excluding carboxylic acids is 2. The lowest BCUT2D eigenvalue weighted by Crippen LogP contribution is -2.56. The molecule has 112 valence electrons. The number of piperazine rings is 1. The van der Waals surface area contributed by atoms with Crippen molar-refractivity contribution in [3.8, 4) is 0 Å². The van der Waals surface area contributed by atoms with Crippen LogP contribution in [-0.4, -0.2) is 29.3 Å². The number of amides is 2. The van der Waals surface area contributed by atoms with E-state index in [1.54, 1.807) is 0 Å². The van der Waals surface area contributed by atoms with Crippen molar-refractivity contribution < 1.29 is 9.59 Å². The monoisotopic (exact) mass is 286 g/mol. The van der Waals surface area contributed by atoms with Crippen molar-refractivity contribution in [2.45, 2.75) is 50.6 Å². The summed E-state index contributed by atoms with van der Waals surface area (Å²) < 4.78 is 0. The number of benzene rings is 1. The second kappa shape index (κ2) is 6.29. The highest BCUT2D eigenvalue weighted by Crippen LogP contribution is 2.31. The molecule has 1 N–H and O–H groups in total. The summed E-state index contributed by atoms with van der Waals surface area (Å²) in [5, 5.41) is 2.73. The van der Waals surface area contributed by atoms with Crippen molar-refractivity contribution in [2.24, 2.45) is 0 Å². The van der Waals surface area contributed by atoms with Gasteiger partial charge in [0.1, 0.15) is 6.04 Å². The summed E-state index contributed by atoms with van der Waals surface area (Å²) in [7, 11) is 0. The molecule has 2 fully saturated rings. The van der Waals surface area contributed by atoms with E-state index in [2.05, 4.69) is 5.32 Å². The quantitative estimate of drug-likeness (QED) is 0.849. The van der Waals surface area contributed by atoms with Crippen molar-refractivity contribution in [3.05, 3.63) is 35.9 Å². The van der Waals surface area contributed by atoms with Gasteiger partial charge < -0.3 is 10.2 Å². The molecule has 1 unspecified atom stereocenters. The predicted molar refractivity (Wildman–Crippen MR) is 80.5 cm³/mol. The van der Waals surface area contributed by atoms with Gasteiger partial charge >= 0.3 is 0 Å². The maximum absolute atomic E-state index is 12.4. The predicted octanol–water partition coefficient (Wildman–Crippen LogP) is 2.41. The van der Waals surface area contributed by atoms with Crippen LogP contribution in [0.2, 0.25) is 0 Å². The molecule has 4 nitrogen and oxygen atoms in total. The van der Waals surface area contributed by atoms with Gasteiger partial charge in [-0.15, -0.1) is 0 Å². The molecule has 3 rings (SSSR count). The van der Waals surface area contributed by atoms with E-state index in [1.165, 1.54) is 12.8 Å². The SMILES string of the molecule is O=C1NCC(=O)N(C2CCCCCC2)C1c1ccccc1. The molecule has 0 aromatic heterocycles. The van der Waals surface area contributed by atoms with Gasteiger partial charge in [0.05, 0.1) is 6.54 Å². The first-order chi connectivity index (χ1) is 10.3. The zero-order valence-corrected chi connectivity index (χ0v) is 12.3. The Morgan fingerprint density at radius 2 is 1.62 bits per heavy atom. The van der Waals surface area contributed by atoms with Crippen LogP contribution in [0, 0.1) is 0 Å². The Morgan fingerprint density at radius 3 is 2.29 bits per heavy atom. The zero-order valence-electron chi connectivity index (χ0n) is 12.3. The van der Waals surface area contributed by atoms with E-state index in [0.717, 1.165) is 31.2 Å². The second-order valence-electron chi connectivity index (χ2n) is 5.98. The highest BCUT2D eigenvalue weighted by atomic mass is 16.2. The molecule has 1 atom stereocenters. The summed E-state index contributed by atoms with van der Waals surface area (Å²) in [6, 6.07) is 9.40. The van der Waals surface area contributed by atoms with E-state index in [0.29, 0.717) is 0 Å². The summed E-state index contributed by atoms with van der Waals surface area (Å²) in [4.78, 5) is 26.7. The highest BCUT2D eigenvalue weighted by Gasteiger charge is 2.39. The van der Waals surface area contributed by atoms with Crippen LogP contribution < -0.4 is 5.32 Å². The minimum absolute atomic E-state index is 0.0509. The third kappa shape index (κ3) is 2.94. The second-order valence-corrected chi connectivity index (χ2v) is 5.98. The van der Waals surface area contributed by atoms with Gasteiger partial charge in [-0.1, -0.05) is 56.0 Å². The summed E-state index contributed by atoms with van der Waals surface area (Å²) in [5.74, 6) is 0.000370. The van der Waals surface area contributed by atoms with Crippen LogP contribution in [0.1, 0.15) is 50.1 Å². The Hall–Kier alpha value is -1.84. The van der Waals surface area contributed by atoms with Crippen molar-refractivity contribution in [1.29, 1.82) is 0 Å². The number of hydrogen-bond donors (Lipinski definition) is 1. The van der Waals surface area contributed by atoms with Crippen molar-refractivity contribution in [1.82, 2.24) is 10.2 Å². The Labute approximate surface area is 125 Å². The number of hydrogen-bond acceptors (Lipinski definition) is 2. The van der Waals surface area contributed by atoms with Gasteiger partial charge in [-0.2, -0.15) is 0 Å². The summed E-state index contributed by atoms with van der Waals surface area (Å²) >= 11 is 0. The Balaban J connectivity index is 1.92. The maximum atomic E-state index is 12.4. The van der Waals surface area contributed by atoms with Crippen LogP contribution in [0.25, 0.3) is 0 Å². The average Bonchev–Trinajstić information content (AvgIpc) is 2.79. The van der Waals surface area contributed by atoms with Gasteiger partial charge in [0.2, 0.25) is 11.8 Å². The van der Waals surface area contributed by atoms with Gasteiger partial charge in [0.25, 0.3) is 0 Å². The molecule has 1 saturated heterocycles. The molecule has 1 heterocycles. The van der Waals surface area contributed by atoms with E-state index in [1.807, 2.05) is 35.2 Å². The average molecular weight is 286 g/mol. The molecule has 2 amide bonds. The van der Waals surface area contributed by atoms with Gasteiger partial charge in [0, 0.05) is 6.04 Å². The number of rotatable bonds is 2. The fourth-order valence-corrected chi connectivity index (χ4v) is 3.52. The molecule has 4 heteroatoms. The molecule has 0 spiro atoms. The standard InChI is InChI=1S/C17H22N2O2/c20-15-12-18-17(21)16(13-8-4-3-5-9-13)19(15)14-10-6-1-2-7-11-14/h3-5,8-9,14,16H,1-2,6-7,10-12H2,(H,18,21). The minimum Gasteiger partial charge on any atom is -0.345 e. The number of nitrogens with zero attached hydrogens (tertiary/aromatic N) is 1. The molecule has 1 aliphatic carbocycles. The highest BCUT2D eigenvalue weighted by molar-refractivity contribution is 5.95. The van der Waals surface area contributed by atoms with Crippen LogP contribution in [0.5, 0.6) is 0 Å². The van der Waals surface area contributed by atoms with Gasteiger partial charge in [-0.05, 0) is 18.4 Å². The van der Waals surface area contributed by atoms with E-state index < -0.39 is 6.04 Å². The van der Waals surface area contributed by atoms with Gasteiger partial charge in [0.15, 0.2) is 0 Å². The lowest BCUT2D eigenvalue weighted by Gasteiger charge is -2.40. The van der Waals surface area contributed by atoms with E-state index in [-0.39, 0.29) is 24.4 Å². The third-order valence-electron chi connectivity index (χ3n) is 4.56. The molecule has 0 bridgehead atoms. The van der Waals surface area contributed by atoms with E-state index in [4.69, 9.17) is 0 Å². The lowest BCUT2D eigenvalue weighted by atomic mass is 9.97. The largest absolute Gasteiger partial charge is 0.345 e. The molecule has 0 radical (unpaired) electrons. The van der Waals surface area contributed by atoms with Crippen LogP contribution in [0.3, 0.4) is 0 Å². The Morgan fingerprint density at radius 1 is 0.952 bits per heavy atom. The first-order valence-corrected chi connectivity index (χ1v) is 7.91. The zero-order chi connectivity index (χ0) is 14.7. The number of nitrogens with one attached hydrogen (secondary N) is 1. The van der Waals surface area contributed by atoms with Crippen molar-refractivity contribution >= 4 is 11.8 Å². The van der Waals surface area contributed by atoms with Gasteiger partial charge in [-0.25, -0.2) is 0 Å². The first kappa shape index (κ1) is 14.1. The van der Waals surface area contributed by atoms with Gasteiger partial charge in [-0.3, -0.25) is 9.59 Å². The van der Waals surface area contributed by atoms with Crippen molar-refractivity contribution in [2.75, 3.05) is 6.54 Å². The molecule has 1 aromatic carbocycles. The first-order valence-electron chi connectivity index (χ1n) is 7.91. The molecule has 1 aliphatic heterocycles.